The molecule has 1 fully saturated rings. The first kappa shape index (κ1) is 11.9. The fourth-order valence-corrected chi connectivity index (χ4v) is 3.55. The second-order valence-corrected chi connectivity index (χ2v) is 6.85. The molecule has 1 atom stereocenters. The first-order chi connectivity index (χ1) is 8.48. The van der Waals surface area contributed by atoms with Crippen LogP contribution in [0.15, 0.2) is 18.2 Å². The zero-order chi connectivity index (χ0) is 12.8. The van der Waals surface area contributed by atoms with Crippen molar-refractivity contribution >= 4 is 5.69 Å². The highest BCUT2D eigenvalue weighted by Crippen LogP contribution is 2.46. The highest BCUT2D eigenvalue weighted by atomic mass is 16.5. The third-order valence-electron chi connectivity index (χ3n) is 4.36. The largest absolute Gasteiger partial charge is 0.487 e. The minimum Gasteiger partial charge on any atom is -0.487 e. The molecule has 1 aromatic carbocycles. The maximum Gasteiger partial charge on any atom is 0.125 e. The van der Waals surface area contributed by atoms with Crippen molar-refractivity contribution in [3.63, 3.8) is 0 Å². The van der Waals surface area contributed by atoms with Gasteiger partial charge in [0.15, 0.2) is 0 Å². The minimum absolute atomic E-state index is 0.0151. The van der Waals surface area contributed by atoms with Gasteiger partial charge < -0.3 is 10.1 Å². The molecule has 1 heterocycles. The molecule has 0 amide bonds. The second-order valence-electron chi connectivity index (χ2n) is 6.85. The van der Waals surface area contributed by atoms with E-state index in [1.165, 1.54) is 17.7 Å². The van der Waals surface area contributed by atoms with E-state index in [-0.39, 0.29) is 5.60 Å². The van der Waals surface area contributed by atoms with Crippen LogP contribution in [0.25, 0.3) is 0 Å². The normalized spacial score (nSPS) is 28.8. The quantitative estimate of drug-likeness (QED) is 0.850. The zero-order valence-corrected chi connectivity index (χ0v) is 11.7. The summed E-state index contributed by atoms with van der Waals surface area (Å²) >= 11 is 0. The molecule has 3 rings (SSSR count). The van der Waals surface area contributed by atoms with E-state index in [0.29, 0.717) is 5.41 Å². The third kappa shape index (κ3) is 2.09. The molecule has 1 saturated carbocycles. The van der Waals surface area contributed by atoms with E-state index in [9.17, 15) is 0 Å². The van der Waals surface area contributed by atoms with E-state index in [1.54, 1.807) is 0 Å². The van der Waals surface area contributed by atoms with E-state index in [1.807, 2.05) is 0 Å². The highest BCUT2D eigenvalue weighted by molar-refractivity contribution is 5.61. The van der Waals surface area contributed by atoms with Crippen molar-refractivity contribution in [1.82, 2.24) is 0 Å². The van der Waals surface area contributed by atoms with E-state index in [0.717, 1.165) is 31.6 Å². The molecule has 0 saturated heterocycles. The molecule has 0 bridgehead atoms. The summed E-state index contributed by atoms with van der Waals surface area (Å²) in [6.45, 7) is 8.00. The van der Waals surface area contributed by atoms with Crippen molar-refractivity contribution < 1.29 is 4.74 Å². The van der Waals surface area contributed by atoms with Crippen molar-refractivity contribution in [2.24, 2.45) is 5.41 Å². The number of anilines is 1. The van der Waals surface area contributed by atoms with Crippen molar-refractivity contribution in [3.05, 3.63) is 23.8 Å². The van der Waals surface area contributed by atoms with Crippen LogP contribution in [0.3, 0.4) is 0 Å². The van der Waals surface area contributed by atoms with Crippen LogP contribution < -0.4 is 10.1 Å². The van der Waals surface area contributed by atoms with Gasteiger partial charge in [0.25, 0.3) is 0 Å². The van der Waals surface area contributed by atoms with Gasteiger partial charge in [-0.25, -0.2) is 0 Å². The van der Waals surface area contributed by atoms with Crippen molar-refractivity contribution in [2.75, 3.05) is 11.9 Å². The summed E-state index contributed by atoms with van der Waals surface area (Å²) in [5.41, 5.74) is 3.06. The van der Waals surface area contributed by atoms with E-state index in [2.05, 4.69) is 44.3 Å². The predicted octanol–water partition coefficient (Wildman–Crippen LogP) is 4.00. The molecule has 0 spiro atoms. The number of ether oxygens (including phenoxy) is 1. The molecular weight excluding hydrogens is 222 g/mol. The average molecular weight is 245 g/mol. The summed E-state index contributed by atoms with van der Waals surface area (Å²) in [6, 6.07) is 6.37. The predicted molar refractivity (Wildman–Crippen MR) is 75.3 cm³/mol. The van der Waals surface area contributed by atoms with Crippen LogP contribution in [0.4, 0.5) is 5.69 Å². The number of hydrogen-bond acceptors (Lipinski definition) is 2. The average Bonchev–Trinajstić information content (AvgIpc) is 2.84. The third-order valence-corrected chi connectivity index (χ3v) is 4.36. The van der Waals surface area contributed by atoms with Gasteiger partial charge in [-0.3, -0.25) is 0 Å². The Balaban J connectivity index is 1.84. The Bertz CT molecular complexity index is 466. The summed E-state index contributed by atoms with van der Waals surface area (Å²) in [5, 5.41) is 3.41. The molecule has 0 radical (unpaired) electrons. The molecule has 1 unspecified atom stereocenters. The Morgan fingerprint density at radius 1 is 1.17 bits per heavy atom. The van der Waals surface area contributed by atoms with Crippen molar-refractivity contribution in [2.45, 2.75) is 52.1 Å². The van der Waals surface area contributed by atoms with Crippen LogP contribution in [0.2, 0.25) is 0 Å². The van der Waals surface area contributed by atoms with Gasteiger partial charge in [-0.15, -0.1) is 0 Å². The molecule has 0 aromatic heterocycles. The standard InChI is InChI=1S/C16H23NO/c1-15(2)8-9-16(3,11-15)18-14-6-4-5-13-12(14)7-10-17-13/h4-6,17H,7-11H2,1-3H3. The first-order valence-corrected chi connectivity index (χ1v) is 7.02. The molecule has 2 nitrogen and oxygen atoms in total. The van der Waals surface area contributed by atoms with Crippen LogP contribution in [0.5, 0.6) is 5.75 Å². The van der Waals surface area contributed by atoms with Crippen LogP contribution in [-0.2, 0) is 6.42 Å². The van der Waals surface area contributed by atoms with Gasteiger partial charge in [0, 0.05) is 17.8 Å². The lowest BCUT2D eigenvalue weighted by atomic mass is 9.90. The molecule has 1 aromatic rings. The lowest BCUT2D eigenvalue weighted by Gasteiger charge is -2.29. The molecule has 98 valence electrons. The van der Waals surface area contributed by atoms with Crippen LogP contribution >= 0.6 is 0 Å². The molecule has 2 heteroatoms. The summed E-state index contributed by atoms with van der Waals surface area (Å²) in [5.74, 6) is 1.10. The SMILES string of the molecule is CC1(C)CCC(C)(Oc2cccc3c2CCN3)C1. The van der Waals surface area contributed by atoms with Crippen LogP contribution in [0.1, 0.15) is 45.6 Å². The van der Waals surface area contributed by atoms with Crippen molar-refractivity contribution in [1.29, 1.82) is 0 Å². The van der Waals surface area contributed by atoms with Gasteiger partial charge in [0.1, 0.15) is 11.4 Å². The summed E-state index contributed by atoms with van der Waals surface area (Å²) < 4.78 is 6.40. The second kappa shape index (κ2) is 3.91. The van der Waals surface area contributed by atoms with Crippen LogP contribution in [0, 0.1) is 5.41 Å². The molecule has 18 heavy (non-hydrogen) atoms. The van der Waals surface area contributed by atoms with Gasteiger partial charge in [-0.05, 0) is 50.2 Å². The number of benzene rings is 1. The van der Waals surface area contributed by atoms with E-state index in [4.69, 9.17) is 4.74 Å². The molecule has 2 aliphatic rings. The number of fused-ring (bicyclic) bond motifs is 1. The van der Waals surface area contributed by atoms with Gasteiger partial charge >= 0.3 is 0 Å². The lowest BCUT2D eigenvalue weighted by Crippen LogP contribution is -2.30. The summed E-state index contributed by atoms with van der Waals surface area (Å²) in [6.07, 6.45) is 4.66. The number of rotatable bonds is 2. The topological polar surface area (TPSA) is 21.3 Å². The maximum atomic E-state index is 6.40. The smallest absolute Gasteiger partial charge is 0.125 e. The highest BCUT2D eigenvalue weighted by Gasteiger charge is 2.42. The summed E-state index contributed by atoms with van der Waals surface area (Å²) in [4.78, 5) is 0. The molecule has 1 N–H and O–H groups in total. The Kier molecular flexibility index (Phi) is 2.58. The summed E-state index contributed by atoms with van der Waals surface area (Å²) in [7, 11) is 0. The first-order valence-electron chi connectivity index (χ1n) is 7.02. The van der Waals surface area contributed by atoms with Gasteiger partial charge in [-0.2, -0.15) is 0 Å². The van der Waals surface area contributed by atoms with Gasteiger partial charge in [0.05, 0.1) is 0 Å². The number of hydrogen-bond donors (Lipinski definition) is 1. The monoisotopic (exact) mass is 245 g/mol. The Labute approximate surface area is 110 Å². The Hall–Kier alpha value is -1.18. The number of nitrogens with one attached hydrogen (secondary N) is 1. The fourth-order valence-electron chi connectivity index (χ4n) is 3.55. The van der Waals surface area contributed by atoms with E-state index >= 15 is 0 Å². The van der Waals surface area contributed by atoms with Gasteiger partial charge in [-0.1, -0.05) is 19.9 Å². The zero-order valence-electron chi connectivity index (χ0n) is 11.7. The fraction of sp³-hybridized carbons (Fsp3) is 0.625. The molecule has 1 aliphatic carbocycles. The lowest BCUT2D eigenvalue weighted by molar-refractivity contribution is 0.0838. The Morgan fingerprint density at radius 3 is 2.72 bits per heavy atom. The van der Waals surface area contributed by atoms with Gasteiger partial charge in [0.2, 0.25) is 0 Å². The van der Waals surface area contributed by atoms with Crippen LogP contribution in [-0.4, -0.2) is 12.1 Å². The molecule has 1 aliphatic heterocycles. The van der Waals surface area contributed by atoms with E-state index < -0.39 is 0 Å². The molecular formula is C16H23NO. The van der Waals surface area contributed by atoms with Crippen molar-refractivity contribution in [3.8, 4) is 5.75 Å². The Morgan fingerprint density at radius 2 is 2.00 bits per heavy atom. The minimum atomic E-state index is 0.0151. The maximum absolute atomic E-state index is 6.40.